The summed E-state index contributed by atoms with van der Waals surface area (Å²) in [4.78, 5) is 37.3. The highest BCUT2D eigenvalue weighted by Crippen LogP contribution is 2.27. The van der Waals surface area contributed by atoms with Crippen molar-refractivity contribution in [1.82, 2.24) is 14.9 Å². The Morgan fingerprint density at radius 2 is 2.08 bits per heavy atom. The fourth-order valence-electron chi connectivity index (χ4n) is 2.84. The third-order valence-corrected chi connectivity index (χ3v) is 4.15. The van der Waals surface area contributed by atoms with Crippen LogP contribution in [-0.4, -0.2) is 34.3 Å². The second-order valence-electron chi connectivity index (χ2n) is 5.93. The Hall–Kier alpha value is -2.91. The predicted octanol–water partition coefficient (Wildman–Crippen LogP) is 0.0778. The Morgan fingerprint density at radius 1 is 1.31 bits per heavy atom. The number of nitrogens with two attached hydrogens (primary N) is 1. The van der Waals surface area contributed by atoms with Crippen LogP contribution in [0.25, 0.3) is 0 Å². The van der Waals surface area contributed by atoms with Crippen LogP contribution in [0.15, 0.2) is 52.2 Å². The lowest BCUT2D eigenvalue weighted by Gasteiger charge is -2.17. The van der Waals surface area contributed by atoms with E-state index < -0.39 is 35.7 Å². The highest BCUT2D eigenvalue weighted by molar-refractivity contribution is 5.67. The standard InChI is InChI=1S/C17H20N4O5/c18-9-13-12(19-17(24)25-10-11-4-2-1-3-5-11)8-15(26-13)21-7-6-14(22)20-16(21)23/h1-7,12-13,15H,8-10,18H2,(H,19,24)(H,20,22,23)/t12-,13+,15+/m0/s1. The number of nitrogens with one attached hydrogen (secondary N) is 2. The van der Waals surface area contributed by atoms with Crippen LogP contribution in [0.1, 0.15) is 18.2 Å². The minimum absolute atomic E-state index is 0.149. The second-order valence-corrected chi connectivity index (χ2v) is 5.93. The lowest BCUT2D eigenvalue weighted by atomic mass is 10.1. The van der Waals surface area contributed by atoms with E-state index in [1.807, 2.05) is 30.3 Å². The molecule has 1 aromatic heterocycles. The molecule has 26 heavy (non-hydrogen) atoms. The Bertz CT molecular complexity index is 863. The molecule has 0 bridgehead atoms. The Labute approximate surface area is 148 Å². The number of benzene rings is 1. The number of alkyl carbamates (subject to hydrolysis) is 1. The van der Waals surface area contributed by atoms with Gasteiger partial charge >= 0.3 is 11.8 Å². The van der Waals surface area contributed by atoms with E-state index in [1.54, 1.807) is 0 Å². The summed E-state index contributed by atoms with van der Waals surface area (Å²) in [6.45, 7) is 0.314. The van der Waals surface area contributed by atoms with Crippen molar-refractivity contribution >= 4 is 6.09 Å². The van der Waals surface area contributed by atoms with E-state index in [0.29, 0.717) is 6.42 Å². The normalized spacial score (nSPS) is 22.1. The minimum Gasteiger partial charge on any atom is -0.445 e. The predicted molar refractivity (Wildman–Crippen MR) is 92.5 cm³/mol. The first-order valence-corrected chi connectivity index (χ1v) is 8.21. The van der Waals surface area contributed by atoms with Crippen molar-refractivity contribution in [2.75, 3.05) is 6.54 Å². The number of ether oxygens (including phenoxy) is 2. The average molecular weight is 360 g/mol. The first-order chi connectivity index (χ1) is 12.6. The number of carbonyl (C=O) groups excluding carboxylic acids is 1. The van der Waals surface area contributed by atoms with Crippen molar-refractivity contribution in [3.63, 3.8) is 0 Å². The Balaban J connectivity index is 1.61. The second kappa shape index (κ2) is 7.98. The van der Waals surface area contributed by atoms with Crippen LogP contribution < -0.4 is 22.3 Å². The highest BCUT2D eigenvalue weighted by atomic mass is 16.6. The van der Waals surface area contributed by atoms with Gasteiger partial charge in [-0.25, -0.2) is 9.59 Å². The van der Waals surface area contributed by atoms with Crippen LogP contribution in [0.5, 0.6) is 0 Å². The molecule has 4 N–H and O–H groups in total. The summed E-state index contributed by atoms with van der Waals surface area (Å²) in [5.41, 5.74) is 5.51. The molecular weight excluding hydrogens is 340 g/mol. The third-order valence-electron chi connectivity index (χ3n) is 4.15. The summed E-state index contributed by atoms with van der Waals surface area (Å²) in [5.74, 6) is 0. The first-order valence-electron chi connectivity index (χ1n) is 8.21. The molecule has 1 aliphatic rings. The zero-order chi connectivity index (χ0) is 18.5. The van der Waals surface area contributed by atoms with Crippen molar-refractivity contribution in [3.05, 3.63) is 69.0 Å². The topological polar surface area (TPSA) is 128 Å². The van der Waals surface area contributed by atoms with Gasteiger partial charge in [-0.1, -0.05) is 30.3 Å². The maximum absolute atomic E-state index is 12.0. The monoisotopic (exact) mass is 360 g/mol. The fraction of sp³-hybridized carbons (Fsp3) is 0.353. The van der Waals surface area contributed by atoms with E-state index in [0.717, 1.165) is 5.56 Å². The molecule has 0 radical (unpaired) electrons. The minimum atomic E-state index is -0.632. The molecule has 9 heteroatoms. The lowest BCUT2D eigenvalue weighted by molar-refractivity contribution is -0.0000567. The average Bonchev–Trinajstić information content (AvgIpc) is 3.03. The van der Waals surface area contributed by atoms with E-state index in [1.165, 1.54) is 16.8 Å². The molecular formula is C17H20N4O5. The zero-order valence-electron chi connectivity index (χ0n) is 14.0. The summed E-state index contributed by atoms with van der Waals surface area (Å²) < 4.78 is 12.2. The molecule has 1 fully saturated rings. The summed E-state index contributed by atoms with van der Waals surface area (Å²) in [6, 6.07) is 10.1. The Morgan fingerprint density at radius 3 is 2.77 bits per heavy atom. The molecule has 1 aromatic carbocycles. The van der Waals surface area contributed by atoms with E-state index in [-0.39, 0.29) is 13.2 Å². The van der Waals surface area contributed by atoms with Crippen molar-refractivity contribution in [2.45, 2.75) is 31.4 Å². The number of carbonyl (C=O) groups is 1. The number of nitrogens with zero attached hydrogens (tertiary/aromatic N) is 1. The summed E-state index contributed by atoms with van der Waals surface area (Å²) >= 11 is 0. The fourth-order valence-corrected chi connectivity index (χ4v) is 2.84. The molecule has 0 aliphatic carbocycles. The van der Waals surface area contributed by atoms with Crippen LogP contribution in [0.2, 0.25) is 0 Å². The largest absolute Gasteiger partial charge is 0.445 e. The van der Waals surface area contributed by atoms with Crippen molar-refractivity contribution in [2.24, 2.45) is 5.73 Å². The molecule has 0 unspecified atom stereocenters. The molecule has 3 atom stereocenters. The van der Waals surface area contributed by atoms with Gasteiger partial charge < -0.3 is 20.5 Å². The smallest absolute Gasteiger partial charge is 0.407 e. The molecule has 1 aliphatic heterocycles. The van der Waals surface area contributed by atoms with Gasteiger partial charge in [0.1, 0.15) is 12.8 Å². The third kappa shape index (κ3) is 4.19. The van der Waals surface area contributed by atoms with Crippen LogP contribution in [0, 0.1) is 0 Å². The van der Waals surface area contributed by atoms with E-state index >= 15 is 0 Å². The number of rotatable bonds is 5. The Kier molecular flexibility index (Phi) is 5.49. The molecule has 0 saturated carbocycles. The van der Waals surface area contributed by atoms with Crippen LogP contribution >= 0.6 is 0 Å². The molecule has 138 valence electrons. The maximum atomic E-state index is 12.0. The van der Waals surface area contributed by atoms with Gasteiger partial charge in [0.15, 0.2) is 0 Å². The summed E-state index contributed by atoms with van der Waals surface area (Å²) in [6.07, 6.45) is -0.00478. The summed E-state index contributed by atoms with van der Waals surface area (Å²) in [5, 5.41) is 2.73. The van der Waals surface area contributed by atoms with Gasteiger partial charge in [0, 0.05) is 25.2 Å². The van der Waals surface area contributed by atoms with Gasteiger partial charge in [0.2, 0.25) is 0 Å². The molecule has 0 spiro atoms. The number of aromatic nitrogens is 2. The quantitative estimate of drug-likeness (QED) is 0.692. The molecule has 3 rings (SSSR count). The van der Waals surface area contributed by atoms with Gasteiger partial charge in [-0.05, 0) is 5.56 Å². The first kappa shape index (κ1) is 17.9. The van der Waals surface area contributed by atoms with Gasteiger partial charge in [-0.2, -0.15) is 0 Å². The number of amides is 1. The molecule has 1 amide bonds. The van der Waals surface area contributed by atoms with E-state index in [2.05, 4.69) is 10.3 Å². The van der Waals surface area contributed by atoms with Gasteiger partial charge in [0.25, 0.3) is 5.56 Å². The number of H-pyrrole nitrogens is 1. The number of hydrogen-bond donors (Lipinski definition) is 3. The molecule has 2 heterocycles. The van der Waals surface area contributed by atoms with Crippen LogP contribution in [0.4, 0.5) is 4.79 Å². The van der Waals surface area contributed by atoms with E-state index in [9.17, 15) is 14.4 Å². The van der Waals surface area contributed by atoms with Gasteiger partial charge in [-0.15, -0.1) is 0 Å². The van der Waals surface area contributed by atoms with Crippen molar-refractivity contribution in [3.8, 4) is 0 Å². The van der Waals surface area contributed by atoms with Crippen LogP contribution in [0.3, 0.4) is 0 Å². The van der Waals surface area contributed by atoms with Crippen molar-refractivity contribution < 1.29 is 14.3 Å². The van der Waals surface area contributed by atoms with Gasteiger partial charge in [0.05, 0.1) is 12.1 Å². The SMILES string of the molecule is NC[C@H]1O[C@@H](n2ccc(=O)[nH]c2=O)C[C@@H]1NC(=O)OCc1ccccc1. The maximum Gasteiger partial charge on any atom is 0.407 e. The van der Waals surface area contributed by atoms with Gasteiger partial charge in [-0.3, -0.25) is 14.3 Å². The summed E-state index contributed by atoms with van der Waals surface area (Å²) in [7, 11) is 0. The van der Waals surface area contributed by atoms with Crippen molar-refractivity contribution in [1.29, 1.82) is 0 Å². The number of aromatic amines is 1. The number of hydrogen-bond acceptors (Lipinski definition) is 6. The van der Waals surface area contributed by atoms with E-state index in [4.69, 9.17) is 15.2 Å². The highest BCUT2D eigenvalue weighted by Gasteiger charge is 2.37. The molecule has 2 aromatic rings. The van der Waals surface area contributed by atoms with Crippen LogP contribution in [-0.2, 0) is 16.1 Å². The molecule has 1 saturated heterocycles. The molecule has 9 nitrogen and oxygen atoms in total. The zero-order valence-corrected chi connectivity index (χ0v) is 14.0. The lowest BCUT2D eigenvalue weighted by Crippen LogP contribution is -2.43.